The Labute approximate surface area is 127 Å². The standard InChI is InChI=1S/C18H27FN2/c1-13(2)9-17-12-21(18(10-20-17)15-5-6-15)11-14-3-7-16(19)8-4-14/h3-4,7-8,13,15,17-18,20H,5-6,9-12H2,1-2H3. The molecule has 3 heteroatoms. The number of hydrogen-bond acceptors (Lipinski definition) is 2. The highest BCUT2D eigenvalue weighted by molar-refractivity contribution is 5.16. The monoisotopic (exact) mass is 290 g/mol. The zero-order valence-electron chi connectivity index (χ0n) is 13.2. The van der Waals surface area contributed by atoms with Crippen LogP contribution in [0.1, 0.15) is 38.7 Å². The van der Waals surface area contributed by atoms with Crippen molar-refractivity contribution in [2.45, 2.75) is 51.7 Å². The van der Waals surface area contributed by atoms with Crippen molar-refractivity contribution in [1.82, 2.24) is 10.2 Å². The van der Waals surface area contributed by atoms with Gasteiger partial charge in [-0.1, -0.05) is 26.0 Å². The molecule has 1 aromatic carbocycles. The summed E-state index contributed by atoms with van der Waals surface area (Å²) in [7, 11) is 0. The highest BCUT2D eigenvalue weighted by atomic mass is 19.1. The van der Waals surface area contributed by atoms with Gasteiger partial charge < -0.3 is 5.32 Å². The first-order valence-electron chi connectivity index (χ1n) is 8.33. The molecule has 1 aliphatic heterocycles. The van der Waals surface area contributed by atoms with Gasteiger partial charge in [0.2, 0.25) is 0 Å². The lowest BCUT2D eigenvalue weighted by Crippen LogP contribution is -2.57. The van der Waals surface area contributed by atoms with Crippen molar-refractivity contribution < 1.29 is 4.39 Å². The van der Waals surface area contributed by atoms with Gasteiger partial charge in [-0.2, -0.15) is 0 Å². The molecule has 116 valence electrons. The third kappa shape index (κ3) is 4.04. The molecule has 0 aromatic heterocycles. The molecule has 2 nitrogen and oxygen atoms in total. The lowest BCUT2D eigenvalue weighted by atomic mass is 9.97. The SMILES string of the molecule is CC(C)CC1CN(Cc2ccc(F)cc2)C(C2CC2)CN1. The van der Waals surface area contributed by atoms with Crippen molar-refractivity contribution in [3.05, 3.63) is 35.6 Å². The summed E-state index contributed by atoms with van der Waals surface area (Å²) < 4.78 is 13.1. The van der Waals surface area contributed by atoms with E-state index < -0.39 is 0 Å². The summed E-state index contributed by atoms with van der Waals surface area (Å²) in [6.45, 7) is 7.77. The maximum Gasteiger partial charge on any atom is 0.123 e. The normalized spacial score (nSPS) is 27.2. The number of piperazine rings is 1. The van der Waals surface area contributed by atoms with E-state index in [-0.39, 0.29) is 5.82 Å². The summed E-state index contributed by atoms with van der Waals surface area (Å²) in [5.74, 6) is 1.46. The number of hydrogen-bond donors (Lipinski definition) is 1. The van der Waals surface area contributed by atoms with Gasteiger partial charge in [0.15, 0.2) is 0 Å². The van der Waals surface area contributed by atoms with Crippen molar-refractivity contribution in [2.75, 3.05) is 13.1 Å². The van der Waals surface area contributed by atoms with Gasteiger partial charge in [-0.15, -0.1) is 0 Å². The highest BCUT2D eigenvalue weighted by Gasteiger charge is 2.38. The van der Waals surface area contributed by atoms with E-state index in [4.69, 9.17) is 0 Å². The fourth-order valence-electron chi connectivity index (χ4n) is 3.58. The predicted molar refractivity (Wildman–Crippen MR) is 84.6 cm³/mol. The topological polar surface area (TPSA) is 15.3 Å². The van der Waals surface area contributed by atoms with Crippen LogP contribution < -0.4 is 5.32 Å². The molecular weight excluding hydrogens is 263 g/mol. The van der Waals surface area contributed by atoms with E-state index in [2.05, 4.69) is 24.1 Å². The number of halogens is 1. The van der Waals surface area contributed by atoms with Crippen LogP contribution >= 0.6 is 0 Å². The van der Waals surface area contributed by atoms with Crippen LogP contribution in [0.15, 0.2) is 24.3 Å². The maximum atomic E-state index is 13.1. The molecule has 1 N–H and O–H groups in total. The summed E-state index contributed by atoms with van der Waals surface area (Å²) in [6.07, 6.45) is 3.99. The minimum absolute atomic E-state index is 0.143. The largest absolute Gasteiger partial charge is 0.311 e. The van der Waals surface area contributed by atoms with E-state index in [1.54, 1.807) is 12.1 Å². The van der Waals surface area contributed by atoms with E-state index in [1.807, 2.05) is 12.1 Å². The average molecular weight is 290 g/mol. The van der Waals surface area contributed by atoms with Gasteiger partial charge in [0, 0.05) is 31.7 Å². The number of benzene rings is 1. The third-order valence-electron chi connectivity index (χ3n) is 4.76. The summed E-state index contributed by atoms with van der Waals surface area (Å²) in [5.41, 5.74) is 1.23. The van der Waals surface area contributed by atoms with Gasteiger partial charge in [-0.25, -0.2) is 4.39 Å². The van der Waals surface area contributed by atoms with E-state index >= 15 is 0 Å². The van der Waals surface area contributed by atoms with Gasteiger partial charge in [-0.05, 0) is 48.8 Å². The van der Waals surface area contributed by atoms with Gasteiger partial charge >= 0.3 is 0 Å². The predicted octanol–water partition coefficient (Wildman–Crippen LogP) is 3.42. The van der Waals surface area contributed by atoms with Crippen molar-refractivity contribution in [3.8, 4) is 0 Å². The van der Waals surface area contributed by atoms with Crippen LogP contribution in [0.4, 0.5) is 4.39 Å². The molecule has 1 saturated heterocycles. The minimum Gasteiger partial charge on any atom is -0.311 e. The first-order chi connectivity index (χ1) is 10.1. The second kappa shape index (κ2) is 6.45. The Hall–Kier alpha value is -0.930. The molecule has 0 radical (unpaired) electrons. The fraction of sp³-hybridized carbons (Fsp3) is 0.667. The smallest absolute Gasteiger partial charge is 0.123 e. The summed E-state index contributed by atoms with van der Waals surface area (Å²) in [6, 6.07) is 8.28. The molecule has 2 fully saturated rings. The molecule has 21 heavy (non-hydrogen) atoms. The molecule has 1 saturated carbocycles. The number of nitrogens with one attached hydrogen (secondary N) is 1. The lowest BCUT2D eigenvalue weighted by molar-refractivity contribution is 0.100. The Morgan fingerprint density at radius 2 is 1.95 bits per heavy atom. The fourth-order valence-corrected chi connectivity index (χ4v) is 3.58. The van der Waals surface area contributed by atoms with E-state index in [0.717, 1.165) is 31.5 Å². The molecule has 0 spiro atoms. The number of nitrogens with zero attached hydrogens (tertiary/aromatic N) is 1. The van der Waals surface area contributed by atoms with Gasteiger partial charge in [-0.3, -0.25) is 4.90 Å². The molecule has 1 aromatic rings. The lowest BCUT2D eigenvalue weighted by Gasteiger charge is -2.41. The molecule has 0 amide bonds. The van der Waals surface area contributed by atoms with Crippen LogP contribution in [0.2, 0.25) is 0 Å². The highest BCUT2D eigenvalue weighted by Crippen LogP contribution is 2.37. The summed E-state index contributed by atoms with van der Waals surface area (Å²) >= 11 is 0. The Bertz CT molecular complexity index is 453. The zero-order valence-corrected chi connectivity index (χ0v) is 13.2. The molecule has 1 aliphatic carbocycles. The first kappa shape index (κ1) is 15.0. The zero-order chi connectivity index (χ0) is 14.8. The maximum absolute atomic E-state index is 13.1. The van der Waals surface area contributed by atoms with Crippen LogP contribution in [0.5, 0.6) is 0 Å². The van der Waals surface area contributed by atoms with Gasteiger partial charge in [0.05, 0.1) is 0 Å². The first-order valence-corrected chi connectivity index (χ1v) is 8.33. The van der Waals surface area contributed by atoms with E-state index in [0.29, 0.717) is 12.1 Å². The van der Waals surface area contributed by atoms with Crippen LogP contribution in [-0.2, 0) is 6.54 Å². The molecule has 2 atom stereocenters. The molecule has 3 rings (SSSR count). The Kier molecular flexibility index (Phi) is 4.60. The second-order valence-corrected chi connectivity index (χ2v) is 7.20. The summed E-state index contributed by atoms with van der Waals surface area (Å²) in [5, 5.41) is 3.75. The minimum atomic E-state index is -0.143. The van der Waals surface area contributed by atoms with Crippen molar-refractivity contribution in [3.63, 3.8) is 0 Å². The van der Waals surface area contributed by atoms with E-state index in [9.17, 15) is 4.39 Å². The second-order valence-electron chi connectivity index (χ2n) is 7.20. The van der Waals surface area contributed by atoms with Crippen molar-refractivity contribution in [1.29, 1.82) is 0 Å². The van der Waals surface area contributed by atoms with Crippen molar-refractivity contribution in [2.24, 2.45) is 11.8 Å². The summed E-state index contributed by atoms with van der Waals surface area (Å²) in [4.78, 5) is 2.63. The molecule has 0 bridgehead atoms. The number of rotatable bonds is 5. The Balaban J connectivity index is 1.66. The molecule has 2 aliphatic rings. The van der Waals surface area contributed by atoms with Crippen LogP contribution in [0, 0.1) is 17.7 Å². The Morgan fingerprint density at radius 1 is 1.24 bits per heavy atom. The Morgan fingerprint density at radius 3 is 2.57 bits per heavy atom. The van der Waals surface area contributed by atoms with E-state index in [1.165, 1.54) is 24.8 Å². The third-order valence-corrected chi connectivity index (χ3v) is 4.76. The van der Waals surface area contributed by atoms with Crippen LogP contribution in [0.3, 0.4) is 0 Å². The van der Waals surface area contributed by atoms with Crippen molar-refractivity contribution >= 4 is 0 Å². The quantitative estimate of drug-likeness (QED) is 0.894. The molecular formula is C18H27FN2. The van der Waals surface area contributed by atoms with Gasteiger partial charge in [0.1, 0.15) is 5.82 Å². The average Bonchev–Trinajstić information content (AvgIpc) is 3.25. The molecule has 2 unspecified atom stereocenters. The molecule has 1 heterocycles. The van der Waals surface area contributed by atoms with Crippen LogP contribution in [-0.4, -0.2) is 30.1 Å². The van der Waals surface area contributed by atoms with Gasteiger partial charge in [0.25, 0.3) is 0 Å². The van der Waals surface area contributed by atoms with Crippen LogP contribution in [0.25, 0.3) is 0 Å².